The number of hydrogen-bond acceptors (Lipinski definition) is 4. The summed E-state index contributed by atoms with van der Waals surface area (Å²) in [6.07, 6.45) is 2.62. The molecule has 0 radical (unpaired) electrons. The number of oxazole rings is 1. The second kappa shape index (κ2) is 4.45. The third-order valence-corrected chi connectivity index (χ3v) is 1.79. The van der Waals surface area contributed by atoms with Crippen LogP contribution in [0.25, 0.3) is 0 Å². The van der Waals surface area contributed by atoms with Gasteiger partial charge in [0.1, 0.15) is 6.26 Å². The van der Waals surface area contributed by atoms with E-state index in [2.05, 4.69) is 4.98 Å². The number of carboxylic acid groups (broad SMARTS) is 1. The zero-order valence-corrected chi connectivity index (χ0v) is 8.08. The Morgan fingerprint density at radius 1 is 1.73 bits per heavy atom. The van der Waals surface area contributed by atoms with Crippen molar-refractivity contribution in [1.29, 1.82) is 0 Å². The molecule has 15 heavy (non-hydrogen) atoms. The molecule has 1 atom stereocenters. The molecule has 1 rings (SSSR count). The van der Waals surface area contributed by atoms with E-state index in [1.54, 1.807) is 0 Å². The molecule has 2 amide bonds. The van der Waals surface area contributed by atoms with Gasteiger partial charge < -0.3 is 15.3 Å². The minimum absolute atomic E-state index is 0.00407. The fourth-order valence-electron chi connectivity index (χ4n) is 0.964. The van der Waals surface area contributed by atoms with Crippen molar-refractivity contribution in [3.63, 3.8) is 0 Å². The number of aromatic nitrogens is 1. The molecule has 0 aromatic carbocycles. The molecule has 82 valence electrons. The van der Waals surface area contributed by atoms with Crippen molar-refractivity contribution in [2.45, 2.75) is 6.92 Å². The number of nitrogens with zero attached hydrogens (tertiary/aromatic N) is 2. The molecule has 1 aromatic heterocycles. The van der Waals surface area contributed by atoms with Gasteiger partial charge in [-0.1, -0.05) is 6.92 Å². The van der Waals surface area contributed by atoms with Gasteiger partial charge in [0.05, 0.1) is 12.1 Å². The van der Waals surface area contributed by atoms with Crippen LogP contribution in [0.1, 0.15) is 6.92 Å². The van der Waals surface area contributed by atoms with E-state index in [9.17, 15) is 9.59 Å². The van der Waals surface area contributed by atoms with Crippen molar-refractivity contribution in [2.75, 3.05) is 11.4 Å². The quantitative estimate of drug-likeness (QED) is 0.746. The molecule has 3 N–H and O–H groups in total. The summed E-state index contributed by atoms with van der Waals surface area (Å²) in [5.74, 6) is -1.77. The summed E-state index contributed by atoms with van der Waals surface area (Å²) < 4.78 is 4.86. The largest absolute Gasteiger partial charge is 0.481 e. The fraction of sp³-hybridized carbons (Fsp3) is 0.375. The number of carbonyl (C=O) groups excluding carboxylic acids is 1. The summed E-state index contributed by atoms with van der Waals surface area (Å²) in [5.41, 5.74) is 5.07. The van der Waals surface area contributed by atoms with Crippen LogP contribution in [0.3, 0.4) is 0 Å². The number of amides is 2. The van der Waals surface area contributed by atoms with Gasteiger partial charge in [-0.2, -0.15) is 0 Å². The van der Waals surface area contributed by atoms with Crippen molar-refractivity contribution in [2.24, 2.45) is 11.7 Å². The van der Waals surface area contributed by atoms with Crippen LogP contribution in [0.2, 0.25) is 0 Å². The molecule has 0 saturated carbocycles. The zero-order valence-electron chi connectivity index (χ0n) is 8.08. The highest BCUT2D eigenvalue weighted by Crippen LogP contribution is 2.12. The van der Waals surface area contributed by atoms with Gasteiger partial charge in [-0.05, 0) is 0 Å². The van der Waals surface area contributed by atoms with E-state index in [1.165, 1.54) is 19.4 Å². The number of urea groups is 1. The Hall–Kier alpha value is -2.05. The van der Waals surface area contributed by atoms with Gasteiger partial charge in [-0.25, -0.2) is 14.7 Å². The lowest BCUT2D eigenvalue weighted by molar-refractivity contribution is -0.140. The first-order valence-corrected chi connectivity index (χ1v) is 4.21. The first-order valence-electron chi connectivity index (χ1n) is 4.21. The zero-order chi connectivity index (χ0) is 11.4. The van der Waals surface area contributed by atoms with Crippen molar-refractivity contribution in [3.05, 3.63) is 12.5 Å². The molecule has 0 spiro atoms. The number of carbonyl (C=O) groups is 2. The Morgan fingerprint density at radius 2 is 2.40 bits per heavy atom. The van der Waals surface area contributed by atoms with Crippen molar-refractivity contribution in [3.8, 4) is 0 Å². The number of carboxylic acids is 1. The molecule has 1 heterocycles. The molecule has 0 aliphatic carbocycles. The minimum atomic E-state index is -1.02. The molecule has 0 fully saturated rings. The number of primary amides is 1. The molecule has 0 aliphatic heterocycles. The standard InChI is InChI=1S/C8H11N3O4/c1-5(6(12)13)4-11(7(9)14)8-10-2-3-15-8/h2-3,5H,4H2,1H3,(H2,9,14)(H,12,13). The molecule has 1 aromatic rings. The molecule has 7 nitrogen and oxygen atoms in total. The lowest BCUT2D eigenvalue weighted by atomic mass is 10.2. The van der Waals surface area contributed by atoms with E-state index in [0.717, 1.165) is 4.90 Å². The number of rotatable bonds is 4. The Kier molecular flexibility index (Phi) is 3.27. The molecule has 0 aliphatic rings. The predicted octanol–water partition coefficient (Wildman–Crippen LogP) is 0.280. The van der Waals surface area contributed by atoms with Crippen molar-refractivity contribution < 1.29 is 19.1 Å². The Morgan fingerprint density at radius 3 is 2.80 bits per heavy atom. The average Bonchev–Trinajstić information content (AvgIpc) is 2.65. The number of nitrogens with two attached hydrogens (primary N) is 1. The van der Waals surface area contributed by atoms with E-state index in [0.29, 0.717) is 0 Å². The lowest BCUT2D eigenvalue weighted by Gasteiger charge is -2.17. The van der Waals surface area contributed by atoms with E-state index in [4.69, 9.17) is 15.3 Å². The lowest BCUT2D eigenvalue weighted by Crippen LogP contribution is -2.40. The summed E-state index contributed by atoms with van der Waals surface area (Å²) in [4.78, 5) is 26.3. The monoisotopic (exact) mass is 213 g/mol. The van der Waals surface area contributed by atoms with Gasteiger partial charge in [0.25, 0.3) is 0 Å². The predicted molar refractivity (Wildman–Crippen MR) is 50.2 cm³/mol. The van der Waals surface area contributed by atoms with Gasteiger partial charge in [-0.3, -0.25) is 4.79 Å². The fourth-order valence-corrected chi connectivity index (χ4v) is 0.964. The molecule has 1 unspecified atom stereocenters. The van der Waals surface area contributed by atoms with E-state index in [-0.39, 0.29) is 12.6 Å². The first-order chi connectivity index (χ1) is 7.02. The van der Waals surface area contributed by atoms with Crippen LogP contribution in [0.4, 0.5) is 10.8 Å². The van der Waals surface area contributed by atoms with E-state index in [1.807, 2.05) is 0 Å². The maximum atomic E-state index is 11.0. The summed E-state index contributed by atoms with van der Waals surface area (Å²) in [6, 6.07) is -0.804. The molecular formula is C8H11N3O4. The Labute approximate surface area is 85.5 Å². The molecular weight excluding hydrogens is 202 g/mol. The first kappa shape index (κ1) is 11.0. The summed E-state index contributed by atoms with van der Waals surface area (Å²) >= 11 is 0. The van der Waals surface area contributed by atoms with Crippen LogP contribution in [0.5, 0.6) is 0 Å². The summed E-state index contributed by atoms with van der Waals surface area (Å²) in [6.45, 7) is 1.38. The highest BCUT2D eigenvalue weighted by atomic mass is 16.4. The Bertz CT molecular complexity index is 349. The summed E-state index contributed by atoms with van der Waals surface area (Å²) in [5, 5.41) is 8.68. The topological polar surface area (TPSA) is 110 Å². The van der Waals surface area contributed by atoms with E-state index >= 15 is 0 Å². The second-order valence-corrected chi connectivity index (χ2v) is 3.00. The van der Waals surface area contributed by atoms with Gasteiger partial charge in [0.15, 0.2) is 0 Å². The van der Waals surface area contributed by atoms with Crippen molar-refractivity contribution in [1.82, 2.24) is 4.98 Å². The maximum Gasteiger partial charge on any atom is 0.322 e. The third-order valence-electron chi connectivity index (χ3n) is 1.79. The second-order valence-electron chi connectivity index (χ2n) is 3.00. The maximum absolute atomic E-state index is 11.0. The highest BCUT2D eigenvalue weighted by molar-refractivity contribution is 5.89. The van der Waals surface area contributed by atoms with Gasteiger partial charge >= 0.3 is 18.0 Å². The Balaban J connectivity index is 2.77. The number of anilines is 1. The van der Waals surface area contributed by atoms with Gasteiger partial charge in [0, 0.05) is 6.54 Å². The van der Waals surface area contributed by atoms with Crippen LogP contribution in [-0.4, -0.2) is 28.6 Å². The molecule has 0 saturated heterocycles. The van der Waals surface area contributed by atoms with Crippen LogP contribution in [0, 0.1) is 5.92 Å². The minimum Gasteiger partial charge on any atom is -0.481 e. The SMILES string of the molecule is CC(CN(C(N)=O)c1ncco1)C(=O)O. The van der Waals surface area contributed by atoms with Crippen LogP contribution in [0.15, 0.2) is 16.9 Å². The van der Waals surface area contributed by atoms with Crippen molar-refractivity contribution >= 4 is 18.0 Å². The van der Waals surface area contributed by atoms with Crippen LogP contribution in [-0.2, 0) is 4.79 Å². The summed E-state index contributed by atoms with van der Waals surface area (Å²) in [7, 11) is 0. The number of aliphatic carboxylic acids is 1. The van der Waals surface area contributed by atoms with Crippen LogP contribution < -0.4 is 10.6 Å². The highest BCUT2D eigenvalue weighted by Gasteiger charge is 2.22. The van der Waals surface area contributed by atoms with Gasteiger partial charge in [0.2, 0.25) is 0 Å². The van der Waals surface area contributed by atoms with Gasteiger partial charge in [-0.15, -0.1) is 0 Å². The smallest absolute Gasteiger partial charge is 0.322 e. The van der Waals surface area contributed by atoms with Crippen LogP contribution >= 0.6 is 0 Å². The number of hydrogen-bond donors (Lipinski definition) is 2. The molecule has 0 bridgehead atoms. The molecule has 7 heteroatoms. The average molecular weight is 213 g/mol. The van der Waals surface area contributed by atoms with E-state index < -0.39 is 17.9 Å². The third kappa shape index (κ3) is 2.70. The normalized spacial score (nSPS) is 12.1.